The number of carbonyl (C=O) groups is 1. The highest BCUT2D eigenvalue weighted by atomic mass is 16.3. The Hall–Kier alpha value is -3.22. The number of aromatic nitrogens is 3. The zero-order chi connectivity index (χ0) is 17.8. The summed E-state index contributed by atoms with van der Waals surface area (Å²) >= 11 is 0. The van der Waals surface area contributed by atoms with Gasteiger partial charge >= 0.3 is 0 Å². The monoisotopic (exact) mass is 337 g/mol. The molecule has 0 saturated heterocycles. The number of aryl methyl sites for hydroxylation is 3. The van der Waals surface area contributed by atoms with Crippen LogP contribution in [-0.2, 0) is 6.42 Å². The topological polar surface area (TPSA) is 92.9 Å². The molecule has 0 radical (unpaired) electrons. The number of furan rings is 1. The first kappa shape index (κ1) is 16.6. The average Bonchev–Trinajstić information content (AvgIpc) is 2.98. The van der Waals surface area contributed by atoms with Gasteiger partial charge in [-0.2, -0.15) is 0 Å². The Kier molecular flexibility index (Phi) is 4.74. The van der Waals surface area contributed by atoms with Crippen LogP contribution in [0.3, 0.4) is 0 Å². The van der Waals surface area contributed by atoms with Crippen molar-refractivity contribution in [3.63, 3.8) is 0 Å². The molecule has 0 aliphatic heterocycles. The van der Waals surface area contributed by atoms with Crippen molar-refractivity contribution in [2.75, 3.05) is 5.43 Å². The van der Waals surface area contributed by atoms with Gasteiger partial charge in [-0.25, -0.2) is 9.97 Å². The summed E-state index contributed by atoms with van der Waals surface area (Å²) < 4.78 is 5.38. The van der Waals surface area contributed by atoms with Crippen molar-refractivity contribution in [1.82, 2.24) is 20.4 Å². The number of nitrogens with zero attached hydrogens (tertiary/aromatic N) is 3. The van der Waals surface area contributed by atoms with Crippen LogP contribution in [-0.4, -0.2) is 20.9 Å². The molecular weight excluding hydrogens is 318 g/mol. The lowest BCUT2D eigenvalue weighted by Gasteiger charge is -2.10. The van der Waals surface area contributed by atoms with E-state index in [1.165, 1.54) is 0 Å². The van der Waals surface area contributed by atoms with Crippen molar-refractivity contribution in [3.05, 3.63) is 59.3 Å². The molecule has 128 valence electrons. The van der Waals surface area contributed by atoms with Gasteiger partial charge in [0.1, 0.15) is 23.0 Å². The molecule has 7 nitrogen and oxygen atoms in total. The van der Waals surface area contributed by atoms with Crippen LogP contribution in [0.4, 0.5) is 5.82 Å². The van der Waals surface area contributed by atoms with E-state index in [9.17, 15) is 4.79 Å². The molecular formula is C18H19N5O2. The second-order valence-corrected chi connectivity index (χ2v) is 5.54. The van der Waals surface area contributed by atoms with Crippen molar-refractivity contribution < 1.29 is 9.21 Å². The molecule has 0 unspecified atom stereocenters. The summed E-state index contributed by atoms with van der Waals surface area (Å²) in [5.74, 6) is 1.98. The highest BCUT2D eigenvalue weighted by Crippen LogP contribution is 2.16. The van der Waals surface area contributed by atoms with E-state index in [0.717, 1.165) is 12.1 Å². The third-order valence-electron chi connectivity index (χ3n) is 3.63. The average molecular weight is 337 g/mol. The van der Waals surface area contributed by atoms with Crippen LogP contribution in [0.1, 0.15) is 34.5 Å². The number of amides is 1. The molecule has 3 aromatic rings. The fourth-order valence-electron chi connectivity index (χ4n) is 2.40. The fraction of sp³-hybridized carbons (Fsp3) is 0.222. The normalized spacial score (nSPS) is 10.5. The van der Waals surface area contributed by atoms with Gasteiger partial charge in [0.2, 0.25) is 0 Å². The minimum Gasteiger partial charge on any atom is -0.466 e. The lowest BCUT2D eigenvalue weighted by atomic mass is 10.2. The summed E-state index contributed by atoms with van der Waals surface area (Å²) in [5, 5.41) is 0. The summed E-state index contributed by atoms with van der Waals surface area (Å²) in [7, 11) is 0. The minimum atomic E-state index is -0.287. The van der Waals surface area contributed by atoms with Gasteiger partial charge in [0, 0.05) is 18.0 Å². The summed E-state index contributed by atoms with van der Waals surface area (Å²) in [5.41, 5.74) is 7.49. The van der Waals surface area contributed by atoms with Gasteiger partial charge < -0.3 is 4.42 Å². The Labute approximate surface area is 145 Å². The SMILES string of the molecule is CCc1cc(NNC(=O)c2cc(C)oc2C)nc(-c2ccccn2)n1. The number of pyridine rings is 1. The Balaban J connectivity index is 1.80. The summed E-state index contributed by atoms with van der Waals surface area (Å²) in [4.78, 5) is 25.4. The van der Waals surface area contributed by atoms with Crippen LogP contribution < -0.4 is 10.9 Å². The van der Waals surface area contributed by atoms with Gasteiger partial charge in [0.05, 0.1) is 5.56 Å². The number of carbonyl (C=O) groups excluding carboxylic acids is 1. The second kappa shape index (κ2) is 7.12. The van der Waals surface area contributed by atoms with E-state index in [1.54, 1.807) is 32.2 Å². The van der Waals surface area contributed by atoms with Crippen LogP contribution in [0.2, 0.25) is 0 Å². The maximum absolute atomic E-state index is 12.3. The van der Waals surface area contributed by atoms with E-state index in [1.807, 2.05) is 25.1 Å². The van der Waals surface area contributed by atoms with Crippen molar-refractivity contribution in [3.8, 4) is 11.5 Å². The highest BCUT2D eigenvalue weighted by molar-refractivity contribution is 5.95. The number of hydrogen-bond donors (Lipinski definition) is 2. The Morgan fingerprint density at radius 3 is 2.68 bits per heavy atom. The van der Waals surface area contributed by atoms with Crippen molar-refractivity contribution >= 4 is 11.7 Å². The smallest absolute Gasteiger partial charge is 0.273 e. The lowest BCUT2D eigenvalue weighted by Crippen LogP contribution is -2.30. The van der Waals surface area contributed by atoms with E-state index in [0.29, 0.717) is 34.4 Å². The van der Waals surface area contributed by atoms with Crippen LogP contribution in [0, 0.1) is 13.8 Å². The van der Waals surface area contributed by atoms with Gasteiger partial charge in [-0.3, -0.25) is 20.6 Å². The molecule has 0 atom stereocenters. The van der Waals surface area contributed by atoms with Crippen LogP contribution in [0.5, 0.6) is 0 Å². The molecule has 0 saturated carbocycles. The van der Waals surface area contributed by atoms with Gasteiger partial charge in [0.15, 0.2) is 5.82 Å². The third kappa shape index (κ3) is 3.82. The molecule has 0 bridgehead atoms. The summed E-state index contributed by atoms with van der Waals surface area (Å²) in [6, 6.07) is 9.04. The van der Waals surface area contributed by atoms with Crippen molar-refractivity contribution in [1.29, 1.82) is 0 Å². The minimum absolute atomic E-state index is 0.287. The Morgan fingerprint density at radius 2 is 2.04 bits per heavy atom. The second-order valence-electron chi connectivity index (χ2n) is 5.54. The van der Waals surface area contributed by atoms with E-state index < -0.39 is 0 Å². The number of anilines is 1. The molecule has 3 aromatic heterocycles. The number of nitrogens with one attached hydrogen (secondary N) is 2. The van der Waals surface area contributed by atoms with Crippen molar-refractivity contribution in [2.45, 2.75) is 27.2 Å². The first-order valence-electron chi connectivity index (χ1n) is 7.99. The fourth-order valence-corrected chi connectivity index (χ4v) is 2.40. The summed E-state index contributed by atoms with van der Waals surface area (Å²) in [6.07, 6.45) is 2.43. The molecule has 7 heteroatoms. The van der Waals surface area contributed by atoms with Gasteiger partial charge in [-0.15, -0.1) is 0 Å². The predicted molar refractivity (Wildman–Crippen MR) is 93.9 cm³/mol. The largest absolute Gasteiger partial charge is 0.466 e. The van der Waals surface area contributed by atoms with E-state index in [4.69, 9.17) is 4.42 Å². The van der Waals surface area contributed by atoms with Crippen LogP contribution >= 0.6 is 0 Å². The summed E-state index contributed by atoms with van der Waals surface area (Å²) in [6.45, 7) is 5.56. The molecule has 0 aromatic carbocycles. The standard InChI is InChI=1S/C18H19N5O2/c1-4-13-10-16(21-17(20-13)15-7-5-6-8-19-15)22-23-18(24)14-9-11(2)25-12(14)3/h5-10H,4H2,1-3H3,(H,23,24)(H,20,21,22). The quantitative estimate of drug-likeness (QED) is 0.695. The number of hydrazine groups is 1. The van der Waals surface area contributed by atoms with Crippen LogP contribution in [0.25, 0.3) is 11.5 Å². The molecule has 0 aliphatic carbocycles. The van der Waals surface area contributed by atoms with Gasteiger partial charge in [-0.1, -0.05) is 13.0 Å². The molecule has 0 aliphatic rings. The molecule has 3 heterocycles. The molecule has 0 fully saturated rings. The molecule has 0 spiro atoms. The number of rotatable bonds is 5. The maximum atomic E-state index is 12.3. The zero-order valence-electron chi connectivity index (χ0n) is 14.3. The third-order valence-corrected chi connectivity index (χ3v) is 3.63. The Morgan fingerprint density at radius 1 is 1.20 bits per heavy atom. The molecule has 3 rings (SSSR count). The van der Waals surface area contributed by atoms with E-state index >= 15 is 0 Å². The first-order valence-corrected chi connectivity index (χ1v) is 7.99. The van der Waals surface area contributed by atoms with Gasteiger partial charge in [0.25, 0.3) is 5.91 Å². The molecule has 2 N–H and O–H groups in total. The van der Waals surface area contributed by atoms with Crippen molar-refractivity contribution in [2.24, 2.45) is 0 Å². The first-order chi connectivity index (χ1) is 12.1. The van der Waals surface area contributed by atoms with Gasteiger partial charge in [-0.05, 0) is 38.5 Å². The lowest BCUT2D eigenvalue weighted by molar-refractivity contribution is 0.0961. The van der Waals surface area contributed by atoms with Crippen LogP contribution in [0.15, 0.2) is 40.9 Å². The molecule has 1 amide bonds. The number of hydrogen-bond acceptors (Lipinski definition) is 6. The Bertz CT molecular complexity index is 890. The predicted octanol–water partition coefficient (Wildman–Crippen LogP) is 3.07. The maximum Gasteiger partial charge on any atom is 0.273 e. The zero-order valence-corrected chi connectivity index (χ0v) is 14.3. The van der Waals surface area contributed by atoms with E-state index in [2.05, 4.69) is 25.8 Å². The highest BCUT2D eigenvalue weighted by Gasteiger charge is 2.14. The molecule has 25 heavy (non-hydrogen) atoms. The van der Waals surface area contributed by atoms with E-state index in [-0.39, 0.29) is 5.91 Å².